The van der Waals surface area contributed by atoms with E-state index in [1.807, 2.05) is 6.92 Å². The summed E-state index contributed by atoms with van der Waals surface area (Å²) in [5.41, 5.74) is 5.69. The second-order valence-corrected chi connectivity index (χ2v) is 4.22. The van der Waals surface area contributed by atoms with Crippen LogP contribution in [0.15, 0.2) is 0 Å². The van der Waals surface area contributed by atoms with Crippen LogP contribution in [0.2, 0.25) is 0 Å². The first-order valence-corrected chi connectivity index (χ1v) is 5.77. The zero-order valence-electron chi connectivity index (χ0n) is 9.74. The number of nitrogens with zero attached hydrogens (tertiary/aromatic N) is 1. The molecule has 1 amide bonds. The Kier molecular flexibility index (Phi) is 5.05. The maximum absolute atomic E-state index is 11.7. The lowest BCUT2D eigenvalue weighted by Crippen LogP contribution is -2.45. The van der Waals surface area contributed by atoms with Crippen molar-refractivity contribution in [3.05, 3.63) is 0 Å². The molecule has 15 heavy (non-hydrogen) atoms. The van der Waals surface area contributed by atoms with E-state index in [9.17, 15) is 4.79 Å². The zero-order valence-corrected chi connectivity index (χ0v) is 9.74. The summed E-state index contributed by atoms with van der Waals surface area (Å²) in [5, 5.41) is 0. The first kappa shape index (κ1) is 12.5. The average Bonchev–Trinajstić information content (AvgIpc) is 2.28. The third kappa shape index (κ3) is 3.80. The normalized spacial score (nSPS) is 23.5. The van der Waals surface area contributed by atoms with Gasteiger partial charge in [0.15, 0.2) is 0 Å². The van der Waals surface area contributed by atoms with Crippen molar-refractivity contribution in [1.29, 1.82) is 0 Å². The summed E-state index contributed by atoms with van der Waals surface area (Å²) >= 11 is 0. The van der Waals surface area contributed by atoms with Crippen LogP contribution in [-0.4, -0.2) is 43.2 Å². The van der Waals surface area contributed by atoms with Crippen LogP contribution < -0.4 is 5.73 Å². The van der Waals surface area contributed by atoms with Crippen molar-refractivity contribution < 1.29 is 9.53 Å². The van der Waals surface area contributed by atoms with Gasteiger partial charge in [-0.05, 0) is 25.7 Å². The van der Waals surface area contributed by atoms with Gasteiger partial charge in [0.25, 0.3) is 0 Å². The van der Waals surface area contributed by atoms with Crippen molar-refractivity contribution >= 4 is 5.91 Å². The maximum atomic E-state index is 11.7. The minimum atomic E-state index is -0.362. The van der Waals surface area contributed by atoms with Crippen LogP contribution in [-0.2, 0) is 9.53 Å². The molecular formula is C11H22N2O2. The Hall–Kier alpha value is -0.610. The zero-order chi connectivity index (χ0) is 11.3. The number of carbonyl (C=O) groups excluding carboxylic acids is 1. The van der Waals surface area contributed by atoms with Crippen LogP contribution in [0.4, 0.5) is 0 Å². The highest BCUT2D eigenvalue weighted by molar-refractivity contribution is 5.81. The summed E-state index contributed by atoms with van der Waals surface area (Å²) in [5.74, 6) is 0.0201. The lowest BCUT2D eigenvalue weighted by molar-refractivity contribution is -0.133. The molecule has 0 saturated carbocycles. The molecule has 0 aromatic carbocycles. The highest BCUT2D eigenvalue weighted by atomic mass is 16.5. The molecule has 2 N–H and O–H groups in total. The Labute approximate surface area is 91.8 Å². The molecule has 1 fully saturated rings. The number of ether oxygens (including phenoxy) is 1. The van der Waals surface area contributed by atoms with Crippen molar-refractivity contribution in [2.75, 3.05) is 20.2 Å². The number of amides is 1. The Balaban J connectivity index is 2.33. The van der Waals surface area contributed by atoms with Gasteiger partial charge in [0, 0.05) is 20.2 Å². The molecule has 2 atom stereocenters. The number of rotatable bonds is 4. The average molecular weight is 214 g/mol. The SMILES string of the molecule is CC[C@@H](N)C(=O)N(C)CC1CCCCO1. The quantitative estimate of drug-likeness (QED) is 0.751. The van der Waals surface area contributed by atoms with Gasteiger partial charge in [-0.2, -0.15) is 0 Å². The molecule has 4 nitrogen and oxygen atoms in total. The minimum Gasteiger partial charge on any atom is -0.376 e. The minimum absolute atomic E-state index is 0.0201. The standard InChI is InChI=1S/C11H22N2O2/c1-3-10(12)11(14)13(2)8-9-6-4-5-7-15-9/h9-10H,3-8,12H2,1-2H3/t9?,10-/m1/s1. The first-order chi connectivity index (χ1) is 7.15. The molecule has 88 valence electrons. The summed E-state index contributed by atoms with van der Waals surface area (Å²) in [6, 6.07) is -0.362. The first-order valence-electron chi connectivity index (χ1n) is 5.77. The Morgan fingerprint density at radius 3 is 2.87 bits per heavy atom. The van der Waals surface area contributed by atoms with Crippen molar-refractivity contribution in [3.63, 3.8) is 0 Å². The van der Waals surface area contributed by atoms with E-state index < -0.39 is 0 Å². The number of likely N-dealkylation sites (N-methyl/N-ethyl adjacent to an activating group) is 1. The predicted octanol–water partition coefficient (Wildman–Crippen LogP) is 0.751. The molecule has 1 heterocycles. The largest absolute Gasteiger partial charge is 0.376 e. The molecule has 1 unspecified atom stereocenters. The summed E-state index contributed by atoms with van der Waals surface area (Å²) in [4.78, 5) is 13.4. The molecule has 1 saturated heterocycles. The lowest BCUT2D eigenvalue weighted by atomic mass is 10.1. The summed E-state index contributed by atoms with van der Waals surface area (Å²) < 4.78 is 5.58. The van der Waals surface area contributed by atoms with Gasteiger partial charge in [0.05, 0.1) is 12.1 Å². The number of carbonyl (C=O) groups is 1. The molecule has 1 aliphatic heterocycles. The molecule has 0 spiro atoms. The molecule has 0 aliphatic carbocycles. The van der Waals surface area contributed by atoms with Crippen molar-refractivity contribution in [2.24, 2.45) is 5.73 Å². The molecule has 0 aromatic heterocycles. The number of nitrogens with two attached hydrogens (primary N) is 1. The molecular weight excluding hydrogens is 192 g/mol. The van der Waals surface area contributed by atoms with E-state index in [4.69, 9.17) is 10.5 Å². The highest BCUT2D eigenvalue weighted by Crippen LogP contribution is 2.13. The van der Waals surface area contributed by atoms with Gasteiger partial charge in [-0.3, -0.25) is 4.79 Å². The van der Waals surface area contributed by atoms with Crippen LogP contribution >= 0.6 is 0 Å². The predicted molar refractivity (Wildman–Crippen MR) is 59.5 cm³/mol. The molecule has 0 bridgehead atoms. The fourth-order valence-corrected chi connectivity index (χ4v) is 1.80. The van der Waals surface area contributed by atoms with Gasteiger partial charge in [-0.25, -0.2) is 0 Å². The third-order valence-corrected chi connectivity index (χ3v) is 2.88. The van der Waals surface area contributed by atoms with Crippen molar-refractivity contribution in [3.8, 4) is 0 Å². The van der Waals surface area contributed by atoms with Crippen molar-refractivity contribution in [1.82, 2.24) is 4.90 Å². The van der Waals surface area contributed by atoms with E-state index in [2.05, 4.69) is 0 Å². The lowest BCUT2D eigenvalue weighted by Gasteiger charge is -2.28. The van der Waals surface area contributed by atoms with Crippen LogP contribution in [0.5, 0.6) is 0 Å². The maximum Gasteiger partial charge on any atom is 0.239 e. The molecule has 1 aliphatic rings. The summed E-state index contributed by atoms with van der Waals surface area (Å²) in [6.45, 7) is 3.42. The second kappa shape index (κ2) is 6.08. The van der Waals surface area contributed by atoms with Gasteiger partial charge in [-0.1, -0.05) is 6.92 Å². The van der Waals surface area contributed by atoms with E-state index in [0.29, 0.717) is 13.0 Å². The second-order valence-electron chi connectivity index (χ2n) is 4.22. The molecule has 4 heteroatoms. The molecule has 1 rings (SSSR count). The van der Waals surface area contributed by atoms with Gasteiger partial charge in [0.2, 0.25) is 5.91 Å². The van der Waals surface area contributed by atoms with Gasteiger partial charge in [-0.15, -0.1) is 0 Å². The fourth-order valence-electron chi connectivity index (χ4n) is 1.80. The highest BCUT2D eigenvalue weighted by Gasteiger charge is 2.21. The summed E-state index contributed by atoms with van der Waals surface area (Å²) in [6.07, 6.45) is 4.29. The number of hydrogen-bond donors (Lipinski definition) is 1. The van der Waals surface area contributed by atoms with E-state index in [1.165, 1.54) is 6.42 Å². The molecule has 0 radical (unpaired) electrons. The Bertz CT molecular complexity index is 203. The van der Waals surface area contributed by atoms with Crippen LogP contribution in [0.3, 0.4) is 0 Å². The van der Waals surface area contributed by atoms with Crippen molar-refractivity contribution in [2.45, 2.75) is 44.8 Å². The van der Waals surface area contributed by atoms with Gasteiger partial charge in [0.1, 0.15) is 0 Å². The van der Waals surface area contributed by atoms with Crippen LogP contribution in [0, 0.1) is 0 Å². The van der Waals surface area contributed by atoms with Gasteiger partial charge >= 0.3 is 0 Å². The topological polar surface area (TPSA) is 55.6 Å². The third-order valence-electron chi connectivity index (χ3n) is 2.88. The van der Waals surface area contributed by atoms with E-state index in [-0.39, 0.29) is 18.1 Å². The fraction of sp³-hybridized carbons (Fsp3) is 0.909. The monoisotopic (exact) mass is 214 g/mol. The van der Waals surface area contributed by atoms with E-state index in [1.54, 1.807) is 11.9 Å². The Morgan fingerprint density at radius 2 is 2.33 bits per heavy atom. The Morgan fingerprint density at radius 1 is 1.60 bits per heavy atom. The smallest absolute Gasteiger partial charge is 0.239 e. The number of hydrogen-bond acceptors (Lipinski definition) is 3. The molecule has 0 aromatic rings. The van der Waals surface area contributed by atoms with Crippen LogP contribution in [0.1, 0.15) is 32.6 Å². The van der Waals surface area contributed by atoms with E-state index in [0.717, 1.165) is 19.4 Å². The van der Waals surface area contributed by atoms with E-state index >= 15 is 0 Å². The summed E-state index contributed by atoms with van der Waals surface area (Å²) in [7, 11) is 1.80. The van der Waals surface area contributed by atoms with Crippen LogP contribution in [0.25, 0.3) is 0 Å². The van der Waals surface area contributed by atoms with Gasteiger partial charge < -0.3 is 15.4 Å².